The quantitative estimate of drug-likeness (QED) is 0.568. The lowest BCUT2D eigenvalue weighted by Crippen LogP contribution is -2.41. The van der Waals surface area contributed by atoms with Crippen LogP contribution in [0.2, 0.25) is 0 Å². The highest BCUT2D eigenvalue weighted by atomic mass is 16.7. The molecular weight excluding hydrogens is 417 g/mol. The van der Waals surface area contributed by atoms with Crippen LogP contribution in [0.25, 0.3) is 10.9 Å². The fourth-order valence-corrected chi connectivity index (χ4v) is 5.27. The smallest absolute Gasteiger partial charge is 0.444 e. The third-order valence-corrected chi connectivity index (χ3v) is 7.78. The molecule has 0 radical (unpaired) electrons. The maximum Gasteiger partial charge on any atom is 0.494 e. The molecule has 7 nitrogen and oxygen atoms in total. The lowest BCUT2D eigenvalue weighted by molar-refractivity contribution is 0.00578. The van der Waals surface area contributed by atoms with Crippen LogP contribution < -0.4 is 16.1 Å². The summed E-state index contributed by atoms with van der Waals surface area (Å²) in [5.74, 6) is 0. The molecule has 3 heterocycles. The van der Waals surface area contributed by atoms with E-state index in [1.54, 1.807) is 0 Å². The largest absolute Gasteiger partial charge is 0.494 e. The van der Waals surface area contributed by atoms with E-state index in [0.29, 0.717) is 6.54 Å². The van der Waals surface area contributed by atoms with Crippen LogP contribution in [0.1, 0.15) is 64.6 Å². The van der Waals surface area contributed by atoms with E-state index in [0.717, 1.165) is 42.2 Å². The molecule has 0 bridgehead atoms. The summed E-state index contributed by atoms with van der Waals surface area (Å²) in [6, 6.07) is 6.36. The maximum atomic E-state index is 11.3. The van der Waals surface area contributed by atoms with Gasteiger partial charge in [0.25, 0.3) is 0 Å². The summed E-state index contributed by atoms with van der Waals surface area (Å²) in [7, 11) is -0.421. The van der Waals surface area contributed by atoms with Crippen LogP contribution in [-0.4, -0.2) is 48.6 Å². The maximum absolute atomic E-state index is 11.3. The van der Waals surface area contributed by atoms with E-state index in [9.17, 15) is 4.79 Å². The predicted octanol–water partition coefficient (Wildman–Crippen LogP) is 3.48. The van der Waals surface area contributed by atoms with Crippen LogP contribution in [0, 0.1) is 0 Å². The van der Waals surface area contributed by atoms with Gasteiger partial charge < -0.3 is 24.7 Å². The number of nitrogens with two attached hydrogens (primary N) is 1. The number of amides is 1. The lowest BCUT2D eigenvalue weighted by atomic mass is 9.78. The van der Waals surface area contributed by atoms with Crippen LogP contribution in [0.5, 0.6) is 0 Å². The SMILES string of the molecule is CC1(C)OB(c2ccc3nc4c(c(N5CC[C@H](OC(N)=O)C5)c3c2)CCCCC4)OC1(C)C. The van der Waals surface area contributed by atoms with E-state index in [4.69, 9.17) is 24.8 Å². The van der Waals surface area contributed by atoms with Crippen molar-refractivity contribution in [1.29, 1.82) is 0 Å². The Morgan fingerprint density at radius 2 is 1.88 bits per heavy atom. The van der Waals surface area contributed by atoms with Gasteiger partial charge in [0.2, 0.25) is 0 Å². The monoisotopic (exact) mass is 451 g/mol. The number of primary amides is 1. The number of rotatable bonds is 3. The molecule has 0 saturated carbocycles. The van der Waals surface area contributed by atoms with Crippen LogP contribution in [0.15, 0.2) is 18.2 Å². The van der Waals surface area contributed by atoms with Crippen molar-refractivity contribution in [2.45, 2.75) is 83.5 Å². The van der Waals surface area contributed by atoms with Crippen molar-refractivity contribution in [3.05, 3.63) is 29.5 Å². The van der Waals surface area contributed by atoms with Gasteiger partial charge in [-0.1, -0.05) is 18.6 Å². The Balaban J connectivity index is 1.59. The fraction of sp³-hybridized carbons (Fsp3) is 0.600. The van der Waals surface area contributed by atoms with E-state index in [-0.39, 0.29) is 6.10 Å². The van der Waals surface area contributed by atoms with Gasteiger partial charge in [-0.15, -0.1) is 0 Å². The zero-order valence-corrected chi connectivity index (χ0v) is 20.1. The minimum Gasteiger partial charge on any atom is -0.444 e. The molecule has 0 unspecified atom stereocenters. The molecule has 2 aromatic rings. The molecule has 8 heteroatoms. The molecule has 33 heavy (non-hydrogen) atoms. The number of benzene rings is 1. The van der Waals surface area contributed by atoms with E-state index >= 15 is 0 Å². The van der Waals surface area contributed by atoms with Gasteiger partial charge in [0.1, 0.15) is 6.10 Å². The molecule has 2 saturated heterocycles. The summed E-state index contributed by atoms with van der Waals surface area (Å²) >= 11 is 0. The summed E-state index contributed by atoms with van der Waals surface area (Å²) < 4.78 is 18.0. The summed E-state index contributed by atoms with van der Waals surface area (Å²) in [5.41, 5.74) is 10.3. The number of aryl methyl sites for hydroxylation is 1. The average molecular weight is 451 g/mol. The molecular formula is C25H34BN3O4. The van der Waals surface area contributed by atoms with E-state index < -0.39 is 24.4 Å². The standard InChI is InChI=1S/C25H34BN3O4/c1-24(2)25(3,4)33-26(32-24)16-10-11-21-19(14-16)22(18-8-6-5-7-9-20(18)28-21)29-13-12-17(15-29)31-23(27)30/h10-11,14,17H,5-9,12-13,15H2,1-4H3,(H2,27,30)/t17-/m0/s1. The molecule has 1 aromatic carbocycles. The number of hydrogen-bond donors (Lipinski definition) is 1. The molecule has 2 fully saturated rings. The Bertz CT molecular complexity index is 1070. The first kappa shape index (κ1) is 22.5. The van der Waals surface area contributed by atoms with E-state index in [1.165, 1.54) is 36.2 Å². The molecule has 1 amide bonds. The van der Waals surface area contributed by atoms with Crippen molar-refractivity contribution in [3.8, 4) is 0 Å². The number of nitrogens with zero attached hydrogens (tertiary/aromatic N) is 2. The highest BCUT2D eigenvalue weighted by Crippen LogP contribution is 2.39. The van der Waals surface area contributed by atoms with Crippen molar-refractivity contribution in [1.82, 2.24) is 4.98 Å². The molecule has 1 atom stereocenters. The Labute approximate surface area is 196 Å². The zero-order valence-electron chi connectivity index (χ0n) is 20.1. The number of hydrogen-bond acceptors (Lipinski definition) is 6. The number of anilines is 1. The van der Waals surface area contributed by atoms with Gasteiger partial charge in [-0.3, -0.25) is 4.98 Å². The van der Waals surface area contributed by atoms with Crippen molar-refractivity contribution >= 4 is 35.3 Å². The van der Waals surface area contributed by atoms with Gasteiger partial charge in [-0.2, -0.15) is 0 Å². The second-order valence-electron chi connectivity index (χ2n) is 10.6. The predicted molar refractivity (Wildman–Crippen MR) is 130 cm³/mol. The van der Waals surface area contributed by atoms with Crippen molar-refractivity contribution < 1.29 is 18.8 Å². The molecule has 2 aliphatic heterocycles. The van der Waals surface area contributed by atoms with Gasteiger partial charge >= 0.3 is 13.2 Å². The van der Waals surface area contributed by atoms with Gasteiger partial charge in [-0.05, 0) is 70.5 Å². The Hall–Kier alpha value is -2.32. The normalized spacial score (nSPS) is 24.1. The fourth-order valence-electron chi connectivity index (χ4n) is 5.27. The van der Waals surface area contributed by atoms with Gasteiger partial charge in [0, 0.05) is 24.0 Å². The molecule has 5 rings (SSSR count). The molecule has 1 aromatic heterocycles. The topological polar surface area (TPSA) is 86.9 Å². The van der Waals surface area contributed by atoms with Crippen LogP contribution in [-0.2, 0) is 26.9 Å². The number of pyridine rings is 1. The molecule has 0 spiro atoms. The summed E-state index contributed by atoms with van der Waals surface area (Å²) in [4.78, 5) is 18.8. The van der Waals surface area contributed by atoms with Gasteiger partial charge in [-0.25, -0.2) is 4.79 Å². The molecule has 3 aliphatic rings. The Kier molecular flexibility index (Phi) is 5.56. The first-order valence-corrected chi connectivity index (χ1v) is 12.2. The summed E-state index contributed by atoms with van der Waals surface area (Å²) in [6.45, 7) is 9.77. The number of carbonyl (C=O) groups is 1. The highest BCUT2D eigenvalue weighted by Gasteiger charge is 2.51. The Morgan fingerprint density at radius 3 is 2.61 bits per heavy atom. The second kappa shape index (κ2) is 8.17. The number of ether oxygens (including phenoxy) is 1. The number of fused-ring (bicyclic) bond motifs is 2. The van der Waals surface area contributed by atoms with Crippen molar-refractivity contribution in [3.63, 3.8) is 0 Å². The van der Waals surface area contributed by atoms with Crippen LogP contribution in [0.4, 0.5) is 10.5 Å². The number of carbonyl (C=O) groups excluding carboxylic acids is 1. The van der Waals surface area contributed by atoms with E-state index in [2.05, 4.69) is 50.8 Å². The highest BCUT2D eigenvalue weighted by molar-refractivity contribution is 6.62. The minimum absolute atomic E-state index is 0.182. The lowest BCUT2D eigenvalue weighted by Gasteiger charge is -2.32. The minimum atomic E-state index is -0.705. The third kappa shape index (κ3) is 4.08. The summed E-state index contributed by atoms with van der Waals surface area (Å²) in [5, 5.41) is 1.11. The number of aromatic nitrogens is 1. The zero-order chi connectivity index (χ0) is 23.4. The second-order valence-corrected chi connectivity index (χ2v) is 10.6. The Morgan fingerprint density at radius 1 is 1.15 bits per heavy atom. The first-order chi connectivity index (χ1) is 15.6. The third-order valence-electron chi connectivity index (χ3n) is 7.78. The van der Waals surface area contributed by atoms with Crippen molar-refractivity contribution in [2.24, 2.45) is 5.73 Å². The van der Waals surface area contributed by atoms with Gasteiger partial charge in [0.05, 0.1) is 29.0 Å². The molecule has 1 aliphatic carbocycles. The van der Waals surface area contributed by atoms with Crippen LogP contribution in [0.3, 0.4) is 0 Å². The van der Waals surface area contributed by atoms with Crippen molar-refractivity contribution in [2.75, 3.05) is 18.0 Å². The average Bonchev–Trinajstić information content (AvgIpc) is 3.16. The first-order valence-electron chi connectivity index (χ1n) is 12.2. The van der Waals surface area contributed by atoms with E-state index in [1.807, 2.05) is 0 Å². The van der Waals surface area contributed by atoms with Gasteiger partial charge in [0.15, 0.2) is 0 Å². The van der Waals surface area contributed by atoms with Crippen LogP contribution >= 0.6 is 0 Å². The summed E-state index contributed by atoms with van der Waals surface area (Å²) in [6.07, 6.45) is 5.47. The molecule has 176 valence electrons. The molecule has 2 N–H and O–H groups in total.